The molecule has 1 saturated heterocycles. The Bertz CT molecular complexity index is 945. The summed E-state index contributed by atoms with van der Waals surface area (Å²) in [4.78, 5) is 16.6. The first-order valence-corrected chi connectivity index (χ1v) is 10.5. The number of sulfonamides is 1. The number of nitrogens with zero attached hydrogens (tertiary/aromatic N) is 2. The number of benzene rings is 1. The van der Waals surface area contributed by atoms with Gasteiger partial charge in [0.2, 0.25) is 16.0 Å². The fraction of sp³-hybridized carbons (Fsp3) is 0.556. The van der Waals surface area contributed by atoms with Crippen molar-refractivity contribution in [3.05, 3.63) is 35.6 Å². The molecule has 0 saturated carbocycles. The van der Waals surface area contributed by atoms with Crippen LogP contribution in [0.5, 0.6) is 0 Å². The number of alkyl carbamates (subject to hydrolysis) is 1. The third-order valence-electron chi connectivity index (χ3n) is 4.77. The summed E-state index contributed by atoms with van der Waals surface area (Å²) in [5.74, 6) is -0.985. The molecule has 0 spiro atoms. The lowest BCUT2D eigenvalue weighted by Gasteiger charge is -2.40. The molecule has 29 heavy (non-hydrogen) atoms. The Hall–Kier alpha value is -2.24. The molecule has 3 unspecified atom stereocenters. The van der Waals surface area contributed by atoms with E-state index in [2.05, 4.69) is 10.3 Å². The summed E-state index contributed by atoms with van der Waals surface area (Å²) in [5, 5.41) is 10.6. The molecule has 9 nitrogen and oxygen atoms in total. The Labute approximate surface area is 168 Å². The number of guanidine groups is 1. The molecule has 0 radical (unpaired) electrons. The van der Waals surface area contributed by atoms with Gasteiger partial charge in [0.05, 0.1) is 13.2 Å². The first-order chi connectivity index (χ1) is 13.4. The van der Waals surface area contributed by atoms with Crippen LogP contribution < -0.4 is 5.32 Å². The molecule has 2 N–H and O–H groups in total. The zero-order valence-corrected chi connectivity index (χ0v) is 17.4. The van der Waals surface area contributed by atoms with Crippen molar-refractivity contribution < 1.29 is 32.2 Å². The third kappa shape index (κ3) is 3.69. The van der Waals surface area contributed by atoms with Gasteiger partial charge in [0, 0.05) is 12.6 Å². The number of amides is 1. The predicted octanol–water partition coefficient (Wildman–Crippen LogP) is 0.937. The van der Waals surface area contributed by atoms with Gasteiger partial charge >= 0.3 is 6.09 Å². The van der Waals surface area contributed by atoms with Gasteiger partial charge < -0.3 is 14.6 Å². The van der Waals surface area contributed by atoms with E-state index < -0.39 is 51.0 Å². The van der Waals surface area contributed by atoms with Crippen molar-refractivity contribution in [2.75, 3.05) is 20.3 Å². The van der Waals surface area contributed by atoms with E-state index in [-0.39, 0.29) is 18.1 Å². The maximum absolute atomic E-state index is 14.7. The van der Waals surface area contributed by atoms with E-state index in [1.54, 1.807) is 26.8 Å². The van der Waals surface area contributed by atoms with E-state index in [9.17, 15) is 22.7 Å². The molecular formula is C18H24FN3O6S. The monoisotopic (exact) mass is 429 g/mol. The average Bonchev–Trinajstić information content (AvgIpc) is 2.99. The van der Waals surface area contributed by atoms with Crippen LogP contribution in [0.15, 0.2) is 29.3 Å². The molecule has 11 heteroatoms. The van der Waals surface area contributed by atoms with Crippen LogP contribution in [0.4, 0.5) is 9.18 Å². The van der Waals surface area contributed by atoms with E-state index in [0.29, 0.717) is 0 Å². The summed E-state index contributed by atoms with van der Waals surface area (Å²) in [6.45, 7) is 4.10. The van der Waals surface area contributed by atoms with Gasteiger partial charge in [-0.05, 0) is 26.8 Å². The number of hydrogen-bond acceptors (Lipinski definition) is 7. The molecule has 0 aliphatic carbocycles. The van der Waals surface area contributed by atoms with Crippen LogP contribution in [-0.2, 0) is 25.0 Å². The number of nitrogens with one attached hydrogen (secondary N) is 1. The minimum absolute atomic E-state index is 0.00103. The molecule has 1 aromatic rings. The molecule has 2 heterocycles. The third-order valence-corrected chi connectivity index (χ3v) is 7.04. The van der Waals surface area contributed by atoms with Crippen LogP contribution in [0.25, 0.3) is 0 Å². The number of rotatable bonds is 2. The van der Waals surface area contributed by atoms with Gasteiger partial charge in [0.15, 0.2) is 0 Å². The maximum atomic E-state index is 14.7. The number of halogens is 1. The standard InChI is InChI=1S/C18H24FN3O6S/c1-17(2,3)28-16(24)20-15-21-18(11-7-5-6-8-12(11)19)10-27-13(9-23)14(18)29(25,26)22(15)4/h5-8,13-14,23H,9-10H2,1-4H3,(H,20,21,24). The van der Waals surface area contributed by atoms with Crippen molar-refractivity contribution in [2.24, 2.45) is 4.99 Å². The van der Waals surface area contributed by atoms with Crippen molar-refractivity contribution in [3.8, 4) is 0 Å². The van der Waals surface area contributed by atoms with Gasteiger partial charge in [-0.3, -0.25) is 5.32 Å². The zero-order chi connectivity index (χ0) is 21.6. The predicted molar refractivity (Wildman–Crippen MR) is 102 cm³/mol. The van der Waals surface area contributed by atoms with Gasteiger partial charge in [-0.1, -0.05) is 18.2 Å². The number of carbonyl (C=O) groups is 1. The van der Waals surface area contributed by atoms with Crippen molar-refractivity contribution >= 4 is 22.1 Å². The molecule has 160 valence electrons. The topological polar surface area (TPSA) is 118 Å². The lowest BCUT2D eigenvalue weighted by Crippen LogP contribution is -2.61. The molecular weight excluding hydrogens is 405 g/mol. The Balaban J connectivity index is 2.15. The highest BCUT2D eigenvalue weighted by Gasteiger charge is 2.62. The van der Waals surface area contributed by atoms with E-state index in [1.165, 1.54) is 25.2 Å². The molecule has 1 aromatic carbocycles. The normalized spacial score (nSPS) is 28.5. The molecule has 3 rings (SSSR count). The number of aliphatic hydroxyl groups is 1. The van der Waals surface area contributed by atoms with E-state index in [0.717, 1.165) is 4.31 Å². The highest BCUT2D eigenvalue weighted by atomic mass is 32.2. The van der Waals surface area contributed by atoms with Crippen LogP contribution in [0.2, 0.25) is 0 Å². The van der Waals surface area contributed by atoms with E-state index in [1.807, 2.05) is 0 Å². The molecule has 0 bridgehead atoms. The van der Waals surface area contributed by atoms with Gasteiger partial charge in [0.25, 0.3) is 0 Å². The summed E-state index contributed by atoms with van der Waals surface area (Å²) in [6.07, 6.45) is -2.01. The lowest BCUT2D eigenvalue weighted by molar-refractivity contribution is 0.0558. The zero-order valence-electron chi connectivity index (χ0n) is 16.5. The highest BCUT2D eigenvalue weighted by Crippen LogP contribution is 2.46. The second kappa shape index (κ2) is 7.22. The van der Waals surface area contributed by atoms with E-state index >= 15 is 0 Å². The fourth-order valence-electron chi connectivity index (χ4n) is 3.55. The first-order valence-electron chi connectivity index (χ1n) is 8.97. The summed E-state index contributed by atoms with van der Waals surface area (Å²) >= 11 is 0. The number of ether oxygens (including phenoxy) is 2. The van der Waals surface area contributed by atoms with Crippen LogP contribution in [0.1, 0.15) is 26.3 Å². The number of hydrogen-bond donors (Lipinski definition) is 2. The van der Waals surface area contributed by atoms with Crippen molar-refractivity contribution in [1.29, 1.82) is 0 Å². The molecule has 1 amide bonds. The maximum Gasteiger partial charge on any atom is 0.414 e. The number of fused-ring (bicyclic) bond motifs is 1. The Morgan fingerprint density at radius 2 is 2.10 bits per heavy atom. The second-order valence-electron chi connectivity index (χ2n) is 7.93. The molecule has 0 aromatic heterocycles. The smallest absolute Gasteiger partial charge is 0.414 e. The van der Waals surface area contributed by atoms with Crippen LogP contribution in [-0.4, -0.2) is 67.1 Å². The van der Waals surface area contributed by atoms with Gasteiger partial charge in [-0.25, -0.2) is 26.9 Å². The Morgan fingerprint density at radius 3 is 2.69 bits per heavy atom. The minimum Gasteiger partial charge on any atom is -0.444 e. The lowest BCUT2D eigenvalue weighted by atomic mass is 9.87. The molecule has 1 fully saturated rings. The summed E-state index contributed by atoms with van der Waals surface area (Å²) < 4.78 is 52.7. The van der Waals surface area contributed by atoms with Crippen LogP contribution in [0, 0.1) is 5.82 Å². The molecule has 2 aliphatic heterocycles. The average molecular weight is 429 g/mol. The molecule has 2 aliphatic rings. The Morgan fingerprint density at radius 1 is 1.45 bits per heavy atom. The quantitative estimate of drug-likeness (QED) is 0.723. The van der Waals surface area contributed by atoms with Crippen molar-refractivity contribution in [3.63, 3.8) is 0 Å². The first kappa shape index (κ1) is 21.5. The minimum atomic E-state index is -4.18. The fourth-order valence-corrected chi connectivity index (χ4v) is 5.51. The van der Waals surface area contributed by atoms with Crippen LogP contribution >= 0.6 is 0 Å². The van der Waals surface area contributed by atoms with E-state index in [4.69, 9.17) is 9.47 Å². The number of aliphatic imine (C=N–C) groups is 1. The van der Waals surface area contributed by atoms with Gasteiger partial charge in [-0.15, -0.1) is 0 Å². The number of carbonyl (C=O) groups excluding carboxylic acids is 1. The van der Waals surface area contributed by atoms with Crippen LogP contribution in [0.3, 0.4) is 0 Å². The van der Waals surface area contributed by atoms with Gasteiger partial charge in [-0.2, -0.15) is 0 Å². The molecule has 3 atom stereocenters. The summed E-state index contributed by atoms with van der Waals surface area (Å²) in [7, 11) is -2.97. The van der Waals surface area contributed by atoms with Crippen molar-refractivity contribution in [1.82, 2.24) is 9.62 Å². The SMILES string of the molecule is CN1C(NC(=O)OC(C)(C)C)=NC2(c3ccccc3F)COC(CO)C2S1(=O)=O. The van der Waals surface area contributed by atoms with Gasteiger partial charge in [0.1, 0.15) is 28.3 Å². The second-order valence-corrected chi connectivity index (χ2v) is 10.0. The number of aliphatic hydroxyl groups excluding tert-OH is 1. The highest BCUT2D eigenvalue weighted by molar-refractivity contribution is 7.90. The largest absolute Gasteiger partial charge is 0.444 e. The Kier molecular flexibility index (Phi) is 5.35. The van der Waals surface area contributed by atoms with Crippen molar-refractivity contribution in [2.45, 2.75) is 43.3 Å². The summed E-state index contributed by atoms with van der Waals surface area (Å²) in [6, 6.07) is 5.63. The summed E-state index contributed by atoms with van der Waals surface area (Å²) in [5.41, 5.74) is -2.49.